The average molecular weight is 672 g/mol. The number of aromatic hydroxyl groups is 2. The summed E-state index contributed by atoms with van der Waals surface area (Å²) in [5.41, 5.74) is 3.66. The number of benzene rings is 2. The van der Waals surface area contributed by atoms with Gasteiger partial charge in [0.15, 0.2) is 0 Å². The van der Waals surface area contributed by atoms with Crippen molar-refractivity contribution in [3.8, 4) is 11.5 Å². The summed E-state index contributed by atoms with van der Waals surface area (Å²) in [5.74, 6) is -0.912. The van der Waals surface area contributed by atoms with E-state index < -0.39 is 35.0 Å². The second-order valence-corrected chi connectivity index (χ2v) is 9.24. The Morgan fingerprint density at radius 1 is 0.857 bits per heavy atom. The molecule has 2 aliphatic rings. The third-order valence-corrected chi connectivity index (χ3v) is 6.22. The molecule has 0 saturated carbocycles. The Morgan fingerprint density at radius 3 is 1.55 bits per heavy atom. The van der Waals surface area contributed by atoms with Gasteiger partial charge in [0, 0.05) is 0 Å². The van der Waals surface area contributed by atoms with E-state index in [-0.39, 0.29) is 0 Å². The summed E-state index contributed by atoms with van der Waals surface area (Å²) in [7, 11) is 0. The predicted octanol–water partition coefficient (Wildman–Crippen LogP) is 10.4. The second-order valence-electron chi connectivity index (χ2n) is 9.24. The first kappa shape index (κ1) is 39.3. The Hall–Kier alpha value is -2.67. The predicted molar refractivity (Wildman–Crippen MR) is 153 cm³/mol. The summed E-state index contributed by atoms with van der Waals surface area (Å²) < 4.78 is 74.7. The van der Waals surface area contributed by atoms with Gasteiger partial charge in [0.1, 0.15) is 11.5 Å². The van der Waals surface area contributed by atoms with E-state index in [1.54, 1.807) is 0 Å². The Labute approximate surface area is 260 Å². The van der Waals surface area contributed by atoms with Crippen molar-refractivity contribution < 1.29 is 60.8 Å². The molecule has 0 fully saturated rings. The van der Waals surface area contributed by atoms with E-state index in [0.29, 0.717) is 5.92 Å². The van der Waals surface area contributed by atoms with Gasteiger partial charge in [-0.05, 0) is 24.3 Å². The molecule has 1 atom stereocenters. The first-order valence-corrected chi connectivity index (χ1v) is 14.9. The van der Waals surface area contributed by atoms with Crippen molar-refractivity contribution in [1.82, 2.24) is 0 Å². The molecule has 2 N–H and O–H groups in total. The molecule has 4 rings (SSSR count). The van der Waals surface area contributed by atoms with Gasteiger partial charge in [-0.3, -0.25) is 12.2 Å². The molecular weight excluding hydrogens is 634 g/mol. The van der Waals surface area contributed by atoms with Crippen molar-refractivity contribution in [1.29, 1.82) is 0 Å². The summed E-state index contributed by atoms with van der Waals surface area (Å²) in [6, 6.07) is 8.79. The van der Waals surface area contributed by atoms with Crippen LogP contribution in [-0.4, -0.2) is 14.4 Å². The zero-order valence-electron chi connectivity index (χ0n) is 24.5. The minimum atomic E-state index is -4.47. The number of phenols is 2. The molecule has 0 aliphatic heterocycles. The Kier molecular flexibility index (Phi) is 18.3. The van der Waals surface area contributed by atoms with Crippen LogP contribution in [0.15, 0.2) is 83.0 Å². The number of phenolic OH excluding ortho intramolecular Hbond substituents is 2. The Balaban J connectivity index is 0.000000525. The quantitative estimate of drug-likeness (QED) is 0.252. The van der Waals surface area contributed by atoms with Crippen LogP contribution in [0.3, 0.4) is 0 Å². The van der Waals surface area contributed by atoms with Gasteiger partial charge in [0.05, 0.1) is 11.1 Å². The topological polar surface area (TPSA) is 40.5 Å². The molecule has 2 nitrogen and oxygen atoms in total. The molecule has 9 heteroatoms. The number of hydrogen-bond acceptors (Lipinski definition) is 2. The normalized spacial score (nSPS) is 15.5. The van der Waals surface area contributed by atoms with Crippen LogP contribution in [0.5, 0.6) is 11.5 Å². The van der Waals surface area contributed by atoms with E-state index in [2.05, 4.69) is 63.1 Å². The number of unbranched alkanes of at least 4 members (excludes halogenated alkanes) is 1. The third kappa shape index (κ3) is 14.5. The van der Waals surface area contributed by atoms with Crippen LogP contribution in [-0.2, 0) is 36.6 Å². The van der Waals surface area contributed by atoms with Crippen LogP contribution in [0.1, 0.15) is 71.4 Å². The van der Waals surface area contributed by atoms with E-state index in [1.165, 1.54) is 90.1 Å². The van der Waals surface area contributed by atoms with Crippen LogP contribution in [0.2, 0.25) is 0 Å². The van der Waals surface area contributed by atoms with E-state index >= 15 is 0 Å². The van der Waals surface area contributed by atoms with Gasteiger partial charge >= 0.3 is 40.8 Å². The van der Waals surface area contributed by atoms with Crippen LogP contribution < -0.4 is 0 Å². The van der Waals surface area contributed by atoms with Crippen molar-refractivity contribution >= 4 is 4.21 Å². The molecule has 2 aromatic rings. The third-order valence-electron chi connectivity index (χ3n) is 6.22. The Bertz CT molecular complexity index is 1170. The number of rotatable bonds is 3. The average Bonchev–Trinajstić information content (AvgIpc) is 3.53. The van der Waals surface area contributed by atoms with Crippen LogP contribution in [0.25, 0.3) is 0 Å². The number of halogens is 6. The molecule has 0 heterocycles. The molecule has 0 spiro atoms. The zero-order chi connectivity index (χ0) is 32.5. The molecule has 42 heavy (non-hydrogen) atoms. The van der Waals surface area contributed by atoms with Crippen molar-refractivity contribution in [2.24, 2.45) is 5.92 Å². The molecule has 0 aromatic heterocycles. The van der Waals surface area contributed by atoms with Gasteiger partial charge in [-0.15, -0.1) is 13.3 Å². The number of para-hydroxylation sites is 2. The first-order chi connectivity index (χ1) is 19.6. The fourth-order valence-electron chi connectivity index (χ4n) is 3.58. The van der Waals surface area contributed by atoms with Gasteiger partial charge in [0.25, 0.3) is 0 Å². The molecule has 2 aliphatic carbocycles. The maximum absolute atomic E-state index is 11.9. The summed E-state index contributed by atoms with van der Waals surface area (Å²) >= 11 is 1.30. The maximum atomic E-state index is 11.9. The monoisotopic (exact) mass is 670 g/mol. The van der Waals surface area contributed by atoms with Gasteiger partial charge < -0.3 is 10.2 Å². The van der Waals surface area contributed by atoms with E-state index in [4.69, 9.17) is 10.2 Å². The molecule has 0 amide bonds. The number of hydrogen-bond donors (Lipinski definition) is 2. The molecule has 0 bridgehead atoms. The van der Waals surface area contributed by atoms with Crippen LogP contribution in [0, 0.1) is 18.1 Å². The van der Waals surface area contributed by atoms with Crippen LogP contribution in [0.4, 0.5) is 26.3 Å². The van der Waals surface area contributed by atoms with E-state index in [0.717, 1.165) is 30.7 Å². The first-order valence-electron chi connectivity index (χ1n) is 13.2. The fourth-order valence-corrected chi connectivity index (χ4v) is 3.58. The summed E-state index contributed by atoms with van der Waals surface area (Å²) in [4.78, 5) is 0. The van der Waals surface area contributed by atoms with Crippen molar-refractivity contribution in [3.05, 3.63) is 106 Å². The molecule has 1 unspecified atom stereocenters. The van der Waals surface area contributed by atoms with Crippen molar-refractivity contribution in [3.63, 3.8) is 0 Å². The minimum absolute atomic E-state index is 0.560. The molecule has 228 valence electrons. The van der Waals surface area contributed by atoms with Crippen LogP contribution >= 0.6 is 0 Å². The van der Waals surface area contributed by atoms with Crippen molar-refractivity contribution in [2.75, 3.05) is 0 Å². The number of allylic oxidation sites excluding steroid dienone is 8. The molecular formula is C33H38F6O2Zr. The molecule has 0 radical (unpaired) electrons. The zero-order valence-corrected chi connectivity index (χ0v) is 27.0. The van der Waals surface area contributed by atoms with Gasteiger partial charge in [-0.2, -0.15) is 43.6 Å². The number of alkyl halides is 6. The summed E-state index contributed by atoms with van der Waals surface area (Å²) in [6.07, 6.45) is 6.96. The SMILES string of the molecule is CC1=[C-]C(C)C(C)=C1C.CCCCC1=[C-]CC=C1.Oc1ccccc1C(F)(F)F.Oc1ccccc1C(F)(F)F.[CH2]=[Zr+2]. The summed E-state index contributed by atoms with van der Waals surface area (Å²) in [6.45, 7) is 10.9. The second kappa shape index (κ2) is 19.5. The van der Waals surface area contributed by atoms with Gasteiger partial charge in [-0.1, -0.05) is 77.1 Å². The Morgan fingerprint density at radius 2 is 1.31 bits per heavy atom. The molecule has 0 saturated heterocycles. The summed E-state index contributed by atoms with van der Waals surface area (Å²) in [5, 5.41) is 17.5. The van der Waals surface area contributed by atoms with Gasteiger partial charge in [-0.25, -0.2) is 17.2 Å². The standard InChI is InChI=1S/2C9H13.2C7H5F3O.CH2.Zr/c1-6-5-7(2)9(4)8(6)3;1-2-3-6-9-7-4-5-8-9;2*8-7(9,10)5-3-1-2-4-6(5)11;;/h6H,1-4H3;4,7H,2-3,5-6H2,1H3;2*1-4,11H;1H2;/q2*-1;;;;+2. The van der Waals surface area contributed by atoms with Crippen molar-refractivity contribution in [2.45, 2.75) is 72.7 Å². The van der Waals surface area contributed by atoms with E-state index in [1.807, 2.05) is 0 Å². The fraction of sp³-hybridized carbons (Fsp3) is 0.364. The van der Waals surface area contributed by atoms with Gasteiger partial charge in [0.2, 0.25) is 0 Å². The molecule has 2 aromatic carbocycles. The van der Waals surface area contributed by atoms with E-state index in [9.17, 15) is 26.3 Å².